The average molecular weight is 420 g/mol. The maximum Gasteiger partial charge on any atom is 0.271 e. The molecular formula is C23H23N4O2S+. The van der Waals surface area contributed by atoms with Gasteiger partial charge in [0.15, 0.2) is 6.54 Å². The summed E-state index contributed by atoms with van der Waals surface area (Å²) >= 11 is 1.90. The maximum atomic E-state index is 6.15. The van der Waals surface area contributed by atoms with Crippen molar-refractivity contribution in [1.29, 1.82) is 0 Å². The number of fused-ring (bicyclic) bond motifs is 1. The maximum absolute atomic E-state index is 6.15. The number of aromatic nitrogens is 3. The molecular weight excluding hydrogens is 396 g/mol. The molecule has 6 nitrogen and oxygen atoms in total. The number of hydrogen-bond donors (Lipinski definition) is 1. The fraction of sp³-hybridized carbons (Fsp3) is 0.348. The van der Waals surface area contributed by atoms with E-state index in [1.165, 1.54) is 12.8 Å². The quantitative estimate of drug-likeness (QED) is 0.532. The average Bonchev–Trinajstić information content (AvgIpc) is 3.13. The number of aryl methyl sites for hydroxylation is 1. The first-order valence-electron chi connectivity index (χ1n) is 10.5. The molecule has 4 aromatic rings. The van der Waals surface area contributed by atoms with E-state index in [-0.39, 0.29) is 0 Å². The summed E-state index contributed by atoms with van der Waals surface area (Å²) in [6, 6.07) is 12.9. The fourth-order valence-electron chi connectivity index (χ4n) is 4.73. The van der Waals surface area contributed by atoms with Crippen molar-refractivity contribution < 1.29 is 13.8 Å². The lowest BCUT2D eigenvalue weighted by Gasteiger charge is -2.32. The molecule has 2 aliphatic rings. The van der Waals surface area contributed by atoms with Gasteiger partial charge in [-0.2, -0.15) is 0 Å². The zero-order valence-electron chi connectivity index (χ0n) is 16.8. The highest BCUT2D eigenvalue weighted by Gasteiger charge is 2.43. The molecule has 1 aliphatic heterocycles. The van der Waals surface area contributed by atoms with Crippen LogP contribution in [-0.2, 0) is 13.0 Å². The second kappa shape index (κ2) is 7.18. The van der Waals surface area contributed by atoms with Gasteiger partial charge in [0.25, 0.3) is 11.8 Å². The number of nitrogens with one attached hydrogen (secondary N) is 1. The molecule has 1 N–H and O–H groups in total. The smallest absolute Gasteiger partial charge is 0.271 e. The van der Waals surface area contributed by atoms with E-state index in [0.717, 1.165) is 42.2 Å². The van der Waals surface area contributed by atoms with E-state index >= 15 is 0 Å². The van der Waals surface area contributed by atoms with Crippen LogP contribution in [0.4, 0.5) is 0 Å². The topological polar surface area (TPSA) is 69.4 Å². The minimum Gasteiger partial charge on any atom is -0.415 e. The molecule has 1 fully saturated rings. The fourth-order valence-corrected chi connectivity index (χ4v) is 5.66. The summed E-state index contributed by atoms with van der Waals surface area (Å²) in [5.41, 5.74) is 4.05. The van der Waals surface area contributed by atoms with Crippen LogP contribution in [0, 0.1) is 12.8 Å². The van der Waals surface area contributed by atoms with Crippen molar-refractivity contribution in [3.05, 3.63) is 63.9 Å². The highest BCUT2D eigenvalue weighted by Crippen LogP contribution is 2.42. The molecule has 4 heterocycles. The molecule has 1 aromatic carbocycles. The van der Waals surface area contributed by atoms with E-state index in [4.69, 9.17) is 8.94 Å². The molecule has 1 unspecified atom stereocenters. The summed E-state index contributed by atoms with van der Waals surface area (Å²) in [7, 11) is 0. The van der Waals surface area contributed by atoms with E-state index in [2.05, 4.69) is 26.8 Å². The first-order chi connectivity index (χ1) is 14.8. The van der Waals surface area contributed by atoms with Gasteiger partial charge in [0.2, 0.25) is 0 Å². The second-order valence-corrected chi connectivity index (χ2v) is 9.28. The van der Waals surface area contributed by atoms with Gasteiger partial charge in [0, 0.05) is 28.3 Å². The van der Waals surface area contributed by atoms with Crippen LogP contribution < -0.4 is 4.90 Å². The van der Waals surface area contributed by atoms with Gasteiger partial charge in [-0.05, 0) is 31.2 Å². The van der Waals surface area contributed by atoms with Crippen LogP contribution >= 0.6 is 11.3 Å². The predicted octanol–water partition coefficient (Wildman–Crippen LogP) is 3.85. The Morgan fingerprint density at radius 2 is 2.00 bits per heavy atom. The van der Waals surface area contributed by atoms with E-state index in [1.807, 2.05) is 48.6 Å². The Labute approximate surface area is 178 Å². The van der Waals surface area contributed by atoms with Crippen LogP contribution in [0.25, 0.3) is 22.7 Å². The first-order valence-corrected chi connectivity index (χ1v) is 11.4. The second-order valence-electron chi connectivity index (χ2n) is 8.28. The van der Waals surface area contributed by atoms with Gasteiger partial charge < -0.3 is 13.8 Å². The van der Waals surface area contributed by atoms with Crippen LogP contribution in [0.5, 0.6) is 0 Å². The third-order valence-corrected chi connectivity index (χ3v) is 7.29. The molecule has 152 valence electrons. The number of rotatable bonds is 5. The number of benzene rings is 1. The summed E-state index contributed by atoms with van der Waals surface area (Å²) in [6.07, 6.45) is 3.80. The van der Waals surface area contributed by atoms with Crippen LogP contribution in [0.2, 0.25) is 0 Å². The molecule has 2 atom stereocenters. The van der Waals surface area contributed by atoms with E-state index < -0.39 is 0 Å². The van der Waals surface area contributed by atoms with Crippen LogP contribution in [0.15, 0.2) is 50.7 Å². The third kappa shape index (κ3) is 3.09. The van der Waals surface area contributed by atoms with Crippen molar-refractivity contribution in [1.82, 2.24) is 15.4 Å². The Morgan fingerprint density at radius 3 is 2.83 bits per heavy atom. The Morgan fingerprint density at radius 1 is 1.13 bits per heavy atom. The zero-order valence-corrected chi connectivity index (χ0v) is 17.6. The van der Waals surface area contributed by atoms with Gasteiger partial charge in [-0.15, -0.1) is 21.5 Å². The minimum atomic E-state index is 0.484. The van der Waals surface area contributed by atoms with E-state index in [9.17, 15) is 0 Å². The van der Waals surface area contributed by atoms with Gasteiger partial charge >= 0.3 is 0 Å². The number of nitrogens with zero attached hydrogens (tertiary/aromatic N) is 3. The molecule has 30 heavy (non-hydrogen) atoms. The van der Waals surface area contributed by atoms with Crippen molar-refractivity contribution in [2.24, 2.45) is 5.92 Å². The summed E-state index contributed by atoms with van der Waals surface area (Å²) in [5, 5.41) is 15.2. The lowest BCUT2D eigenvalue weighted by molar-refractivity contribution is -0.950. The highest BCUT2D eigenvalue weighted by molar-refractivity contribution is 7.10. The molecule has 0 radical (unpaired) electrons. The lowest BCUT2D eigenvalue weighted by atomic mass is 9.96. The van der Waals surface area contributed by atoms with Crippen LogP contribution in [0.1, 0.15) is 41.0 Å². The minimum absolute atomic E-state index is 0.484. The van der Waals surface area contributed by atoms with E-state index in [1.54, 1.807) is 15.3 Å². The number of thiophene rings is 1. The molecule has 6 rings (SSSR count). The first kappa shape index (κ1) is 18.0. The van der Waals surface area contributed by atoms with Crippen LogP contribution in [0.3, 0.4) is 0 Å². The standard InChI is InChI=1S/C23H22N4O2S/c1-14-20(21(26-29-14)15-5-3-2-4-6-15)23-25-24-19(28-23)13-27-11-9-18-17(10-12-30-18)22(27)16-7-8-16/h2-6,10,12,16,22H,7-9,11,13H2,1H3/p+1/t22-/m0/s1. The summed E-state index contributed by atoms with van der Waals surface area (Å²) in [5.74, 6) is 2.65. The Balaban J connectivity index is 1.29. The summed E-state index contributed by atoms with van der Waals surface area (Å²) < 4.78 is 11.6. The highest BCUT2D eigenvalue weighted by atomic mass is 32.1. The van der Waals surface area contributed by atoms with Gasteiger partial charge in [0.1, 0.15) is 23.1 Å². The SMILES string of the molecule is Cc1onc(-c2ccccc2)c1-c1nnc(C[NH+]2CCc3sccc3[C@@H]2C2CC2)o1. The molecule has 0 spiro atoms. The van der Waals surface area contributed by atoms with Gasteiger partial charge in [-0.3, -0.25) is 0 Å². The largest absolute Gasteiger partial charge is 0.415 e. The molecule has 0 amide bonds. The van der Waals surface area contributed by atoms with Crippen molar-refractivity contribution >= 4 is 11.3 Å². The summed E-state index contributed by atoms with van der Waals surface area (Å²) in [4.78, 5) is 3.11. The normalized spacial score (nSPS) is 21.0. The molecule has 0 saturated heterocycles. The molecule has 7 heteroatoms. The zero-order chi connectivity index (χ0) is 20.1. The summed E-state index contributed by atoms with van der Waals surface area (Å²) in [6.45, 7) is 3.76. The predicted molar refractivity (Wildman–Crippen MR) is 113 cm³/mol. The lowest BCUT2D eigenvalue weighted by Crippen LogP contribution is -3.12. The molecule has 3 aromatic heterocycles. The third-order valence-electron chi connectivity index (χ3n) is 6.29. The molecule has 1 saturated carbocycles. The van der Waals surface area contributed by atoms with Gasteiger partial charge in [-0.25, -0.2) is 0 Å². The van der Waals surface area contributed by atoms with E-state index in [0.29, 0.717) is 23.6 Å². The van der Waals surface area contributed by atoms with Crippen molar-refractivity contribution in [2.75, 3.05) is 6.54 Å². The Kier molecular flexibility index (Phi) is 4.32. The van der Waals surface area contributed by atoms with Crippen LogP contribution in [-0.4, -0.2) is 21.9 Å². The molecule has 1 aliphatic carbocycles. The van der Waals surface area contributed by atoms with Crippen molar-refractivity contribution in [2.45, 2.75) is 38.8 Å². The number of hydrogen-bond acceptors (Lipinski definition) is 6. The number of quaternary nitrogens is 1. The van der Waals surface area contributed by atoms with Crippen molar-refractivity contribution in [3.63, 3.8) is 0 Å². The Bertz CT molecular complexity index is 1180. The van der Waals surface area contributed by atoms with Gasteiger partial charge in [0.05, 0.1) is 6.54 Å². The Hall–Kier alpha value is -2.77. The monoisotopic (exact) mass is 419 g/mol. The molecule has 0 bridgehead atoms. The van der Waals surface area contributed by atoms with Gasteiger partial charge in [-0.1, -0.05) is 35.5 Å². The van der Waals surface area contributed by atoms with Crippen molar-refractivity contribution in [3.8, 4) is 22.7 Å².